The standard InChI is InChI=1S/C17H24O4/c1-12-7-8-13(2)16(11-12)20-10-9-17(18)21-15-6-4-5-14(15)19-3/h7-8,11,14-15H,4-6,9-10H2,1-3H3/t14-,15+/m1/s1. The van der Waals surface area contributed by atoms with Crippen molar-refractivity contribution in [3.05, 3.63) is 29.3 Å². The largest absolute Gasteiger partial charge is 0.493 e. The fourth-order valence-corrected chi connectivity index (χ4v) is 2.63. The van der Waals surface area contributed by atoms with Gasteiger partial charge < -0.3 is 14.2 Å². The summed E-state index contributed by atoms with van der Waals surface area (Å²) in [7, 11) is 1.67. The van der Waals surface area contributed by atoms with Crippen molar-refractivity contribution in [2.75, 3.05) is 13.7 Å². The minimum Gasteiger partial charge on any atom is -0.493 e. The highest BCUT2D eigenvalue weighted by Gasteiger charge is 2.30. The van der Waals surface area contributed by atoms with E-state index >= 15 is 0 Å². The van der Waals surface area contributed by atoms with Crippen LogP contribution in [0.5, 0.6) is 5.75 Å². The Morgan fingerprint density at radius 2 is 2.00 bits per heavy atom. The van der Waals surface area contributed by atoms with Gasteiger partial charge in [-0.3, -0.25) is 4.79 Å². The number of carbonyl (C=O) groups is 1. The van der Waals surface area contributed by atoms with Crippen molar-refractivity contribution < 1.29 is 19.0 Å². The number of rotatable bonds is 6. The topological polar surface area (TPSA) is 44.8 Å². The van der Waals surface area contributed by atoms with Crippen LogP contribution < -0.4 is 4.74 Å². The summed E-state index contributed by atoms with van der Waals surface area (Å²) in [4.78, 5) is 11.8. The van der Waals surface area contributed by atoms with Gasteiger partial charge in [0, 0.05) is 7.11 Å². The van der Waals surface area contributed by atoms with Crippen molar-refractivity contribution in [1.82, 2.24) is 0 Å². The lowest BCUT2D eigenvalue weighted by atomic mass is 10.1. The third-order valence-electron chi connectivity index (χ3n) is 3.88. The van der Waals surface area contributed by atoms with Crippen molar-refractivity contribution in [2.24, 2.45) is 0 Å². The predicted molar refractivity (Wildman–Crippen MR) is 80.6 cm³/mol. The van der Waals surface area contributed by atoms with E-state index in [2.05, 4.69) is 0 Å². The molecule has 2 rings (SSSR count). The van der Waals surface area contributed by atoms with Gasteiger partial charge in [0.25, 0.3) is 0 Å². The normalized spacial score (nSPS) is 21.3. The lowest BCUT2D eigenvalue weighted by Crippen LogP contribution is -2.28. The quantitative estimate of drug-likeness (QED) is 0.755. The Bertz CT molecular complexity index is 484. The molecule has 2 atom stereocenters. The van der Waals surface area contributed by atoms with Crippen LogP contribution in [0.1, 0.15) is 36.8 Å². The Morgan fingerprint density at radius 1 is 1.24 bits per heavy atom. The SMILES string of the molecule is CO[C@@H]1CCC[C@@H]1OC(=O)CCOc1cc(C)ccc1C. The summed E-state index contributed by atoms with van der Waals surface area (Å²) >= 11 is 0. The summed E-state index contributed by atoms with van der Waals surface area (Å²) < 4.78 is 16.5. The average molecular weight is 292 g/mol. The van der Waals surface area contributed by atoms with E-state index in [1.807, 2.05) is 32.0 Å². The van der Waals surface area contributed by atoms with Gasteiger partial charge in [-0.25, -0.2) is 0 Å². The number of aryl methyl sites for hydroxylation is 2. The molecule has 0 aromatic heterocycles. The molecular weight excluding hydrogens is 268 g/mol. The van der Waals surface area contributed by atoms with Crippen LogP contribution in [-0.2, 0) is 14.3 Å². The second-order valence-corrected chi connectivity index (χ2v) is 5.60. The Morgan fingerprint density at radius 3 is 2.76 bits per heavy atom. The molecule has 0 radical (unpaired) electrons. The van der Waals surface area contributed by atoms with Crippen LogP contribution >= 0.6 is 0 Å². The van der Waals surface area contributed by atoms with Crippen molar-refractivity contribution >= 4 is 5.97 Å². The molecule has 1 aromatic carbocycles. The number of esters is 1. The van der Waals surface area contributed by atoms with E-state index in [0.29, 0.717) is 6.61 Å². The molecular formula is C17H24O4. The summed E-state index contributed by atoms with van der Waals surface area (Å²) in [5, 5.41) is 0. The van der Waals surface area contributed by atoms with Crippen LogP contribution in [0.15, 0.2) is 18.2 Å². The Hall–Kier alpha value is -1.55. The molecule has 0 N–H and O–H groups in total. The first-order valence-corrected chi connectivity index (χ1v) is 7.52. The van der Waals surface area contributed by atoms with Gasteiger partial charge >= 0.3 is 5.97 Å². The van der Waals surface area contributed by atoms with Gasteiger partial charge in [-0.2, -0.15) is 0 Å². The Labute approximate surface area is 126 Å². The number of methoxy groups -OCH3 is 1. The highest BCUT2D eigenvalue weighted by atomic mass is 16.6. The van der Waals surface area contributed by atoms with Crippen molar-refractivity contribution in [3.63, 3.8) is 0 Å². The fraction of sp³-hybridized carbons (Fsp3) is 0.588. The maximum atomic E-state index is 11.8. The zero-order valence-corrected chi connectivity index (χ0v) is 13.1. The fourth-order valence-electron chi connectivity index (χ4n) is 2.63. The average Bonchev–Trinajstić information content (AvgIpc) is 2.89. The molecule has 116 valence electrons. The molecule has 1 aliphatic carbocycles. The first-order chi connectivity index (χ1) is 10.1. The van der Waals surface area contributed by atoms with Crippen LogP contribution in [0, 0.1) is 13.8 Å². The molecule has 21 heavy (non-hydrogen) atoms. The molecule has 0 saturated heterocycles. The van der Waals surface area contributed by atoms with E-state index in [4.69, 9.17) is 14.2 Å². The lowest BCUT2D eigenvalue weighted by molar-refractivity contribution is -0.154. The monoisotopic (exact) mass is 292 g/mol. The second-order valence-electron chi connectivity index (χ2n) is 5.60. The molecule has 4 heteroatoms. The molecule has 0 aliphatic heterocycles. The maximum absolute atomic E-state index is 11.8. The molecule has 0 amide bonds. The molecule has 0 heterocycles. The van der Waals surface area contributed by atoms with Gasteiger partial charge in [0.15, 0.2) is 0 Å². The highest BCUT2D eigenvalue weighted by Crippen LogP contribution is 2.25. The molecule has 1 aromatic rings. The zero-order valence-electron chi connectivity index (χ0n) is 13.1. The Balaban J connectivity index is 1.75. The maximum Gasteiger partial charge on any atom is 0.309 e. The third-order valence-corrected chi connectivity index (χ3v) is 3.88. The number of hydrogen-bond acceptors (Lipinski definition) is 4. The summed E-state index contributed by atoms with van der Waals surface area (Å²) in [5.74, 6) is 0.618. The number of carbonyl (C=O) groups excluding carboxylic acids is 1. The van der Waals surface area contributed by atoms with Gasteiger partial charge in [0.2, 0.25) is 0 Å². The van der Waals surface area contributed by atoms with E-state index in [1.54, 1.807) is 7.11 Å². The molecule has 1 fully saturated rings. The van der Waals surface area contributed by atoms with Crippen LogP contribution in [-0.4, -0.2) is 31.9 Å². The number of benzene rings is 1. The minimum atomic E-state index is -0.214. The van der Waals surface area contributed by atoms with Crippen LogP contribution in [0.2, 0.25) is 0 Å². The van der Waals surface area contributed by atoms with Gasteiger partial charge in [-0.05, 0) is 50.3 Å². The van der Waals surface area contributed by atoms with Gasteiger partial charge in [0.1, 0.15) is 11.9 Å². The van der Waals surface area contributed by atoms with Crippen LogP contribution in [0.25, 0.3) is 0 Å². The highest BCUT2D eigenvalue weighted by molar-refractivity contribution is 5.69. The lowest BCUT2D eigenvalue weighted by Gasteiger charge is -2.18. The number of ether oxygens (including phenoxy) is 3. The predicted octanol–water partition coefficient (Wildman–Crippen LogP) is 3.18. The van der Waals surface area contributed by atoms with E-state index in [-0.39, 0.29) is 24.6 Å². The summed E-state index contributed by atoms with van der Waals surface area (Å²) in [6, 6.07) is 6.05. The van der Waals surface area contributed by atoms with Gasteiger partial charge in [-0.1, -0.05) is 12.1 Å². The smallest absolute Gasteiger partial charge is 0.309 e. The van der Waals surface area contributed by atoms with E-state index < -0.39 is 0 Å². The molecule has 1 aliphatic rings. The molecule has 0 bridgehead atoms. The molecule has 1 saturated carbocycles. The molecule has 0 spiro atoms. The van der Waals surface area contributed by atoms with Crippen LogP contribution in [0.4, 0.5) is 0 Å². The third kappa shape index (κ3) is 4.46. The van der Waals surface area contributed by atoms with Crippen molar-refractivity contribution in [2.45, 2.75) is 51.7 Å². The van der Waals surface area contributed by atoms with Gasteiger partial charge in [-0.15, -0.1) is 0 Å². The van der Waals surface area contributed by atoms with E-state index in [0.717, 1.165) is 36.1 Å². The number of hydrogen-bond donors (Lipinski definition) is 0. The zero-order chi connectivity index (χ0) is 15.2. The summed E-state index contributed by atoms with van der Waals surface area (Å²) in [6.07, 6.45) is 3.13. The van der Waals surface area contributed by atoms with Gasteiger partial charge in [0.05, 0.1) is 19.1 Å². The first kappa shape index (κ1) is 15.8. The van der Waals surface area contributed by atoms with E-state index in [1.165, 1.54) is 0 Å². The minimum absolute atomic E-state index is 0.0499. The Kier molecular flexibility index (Phi) is 5.62. The van der Waals surface area contributed by atoms with Crippen LogP contribution in [0.3, 0.4) is 0 Å². The first-order valence-electron chi connectivity index (χ1n) is 7.52. The van der Waals surface area contributed by atoms with Crippen molar-refractivity contribution in [1.29, 1.82) is 0 Å². The molecule has 4 nitrogen and oxygen atoms in total. The second kappa shape index (κ2) is 7.46. The summed E-state index contributed by atoms with van der Waals surface area (Å²) in [6.45, 7) is 4.36. The van der Waals surface area contributed by atoms with E-state index in [9.17, 15) is 4.79 Å². The summed E-state index contributed by atoms with van der Waals surface area (Å²) in [5.41, 5.74) is 2.22. The van der Waals surface area contributed by atoms with Crippen molar-refractivity contribution in [3.8, 4) is 5.75 Å². The molecule has 0 unspecified atom stereocenters.